The van der Waals surface area contributed by atoms with Gasteiger partial charge in [-0.25, -0.2) is 0 Å². The van der Waals surface area contributed by atoms with Gasteiger partial charge in [0.15, 0.2) is 0 Å². The fraction of sp³-hybridized carbons (Fsp3) is 1.00. The Morgan fingerprint density at radius 2 is 2.24 bits per heavy atom. The molecule has 0 aromatic rings. The average Bonchev–Trinajstić information content (AvgIpc) is 3.05. The third-order valence-corrected chi connectivity index (χ3v) is 5.20. The largest absolute Gasteiger partial charge is 0.394 e. The molecular formula is C13H25NO2S. The van der Waals surface area contributed by atoms with E-state index in [2.05, 4.69) is 17.1 Å². The van der Waals surface area contributed by atoms with Crippen LogP contribution in [0, 0.1) is 0 Å². The van der Waals surface area contributed by atoms with Crippen molar-refractivity contribution in [2.45, 2.75) is 55.4 Å². The summed E-state index contributed by atoms with van der Waals surface area (Å²) in [6, 6.07) is 0.694. The minimum absolute atomic E-state index is 0.0418. The lowest BCUT2D eigenvalue weighted by molar-refractivity contribution is 0.163. The summed E-state index contributed by atoms with van der Waals surface area (Å²) in [6.45, 7) is 1.17. The minimum Gasteiger partial charge on any atom is -0.394 e. The summed E-state index contributed by atoms with van der Waals surface area (Å²) < 4.78 is 5.06. The van der Waals surface area contributed by atoms with Crippen molar-refractivity contribution in [3.8, 4) is 0 Å². The first-order valence-corrected chi connectivity index (χ1v) is 7.82. The van der Waals surface area contributed by atoms with E-state index < -0.39 is 0 Å². The maximum Gasteiger partial charge on any atom is 0.0613 e. The number of rotatable bonds is 8. The summed E-state index contributed by atoms with van der Waals surface area (Å²) in [6.07, 6.45) is 7.26. The Hall–Kier alpha value is 0.230. The molecule has 0 aromatic heterocycles. The molecule has 0 bridgehead atoms. The van der Waals surface area contributed by atoms with Crippen LogP contribution in [0.2, 0.25) is 0 Å². The molecule has 2 rings (SSSR count). The highest BCUT2D eigenvalue weighted by Crippen LogP contribution is 2.39. The second-order valence-corrected chi connectivity index (χ2v) is 6.85. The highest BCUT2D eigenvalue weighted by molar-refractivity contribution is 7.99. The molecule has 0 radical (unpaired) electrons. The number of methoxy groups -OCH3 is 1. The monoisotopic (exact) mass is 259 g/mol. The van der Waals surface area contributed by atoms with Crippen molar-refractivity contribution in [2.75, 3.05) is 26.1 Å². The first-order chi connectivity index (χ1) is 8.28. The molecule has 2 N–H and O–H groups in total. The third-order valence-electron chi connectivity index (χ3n) is 3.80. The van der Waals surface area contributed by atoms with Gasteiger partial charge in [0.25, 0.3) is 0 Å². The van der Waals surface area contributed by atoms with Crippen molar-refractivity contribution in [3.05, 3.63) is 0 Å². The van der Waals surface area contributed by atoms with Crippen LogP contribution in [-0.2, 0) is 4.74 Å². The molecule has 2 aliphatic carbocycles. The van der Waals surface area contributed by atoms with E-state index in [9.17, 15) is 5.11 Å². The smallest absolute Gasteiger partial charge is 0.0613 e. The summed E-state index contributed by atoms with van der Waals surface area (Å²) in [5.74, 6) is 1.18. The fourth-order valence-electron chi connectivity index (χ4n) is 2.65. The van der Waals surface area contributed by atoms with Gasteiger partial charge < -0.3 is 15.2 Å². The lowest BCUT2D eigenvalue weighted by Gasteiger charge is -2.28. The maximum absolute atomic E-state index is 9.63. The van der Waals surface area contributed by atoms with Gasteiger partial charge in [0.05, 0.1) is 6.61 Å². The summed E-state index contributed by atoms with van der Waals surface area (Å²) in [7, 11) is 1.76. The zero-order valence-corrected chi connectivity index (χ0v) is 11.6. The molecule has 0 heterocycles. The van der Waals surface area contributed by atoms with Crippen molar-refractivity contribution in [1.29, 1.82) is 0 Å². The Kier molecular flexibility index (Phi) is 5.15. The quantitative estimate of drug-likeness (QED) is 0.652. The Bertz CT molecular complexity index is 235. The Morgan fingerprint density at radius 3 is 2.88 bits per heavy atom. The van der Waals surface area contributed by atoms with Crippen molar-refractivity contribution in [2.24, 2.45) is 0 Å². The highest BCUT2D eigenvalue weighted by Gasteiger charge is 2.41. The molecule has 2 atom stereocenters. The molecule has 0 spiro atoms. The Balaban J connectivity index is 1.68. The van der Waals surface area contributed by atoms with Gasteiger partial charge in [-0.15, -0.1) is 0 Å². The van der Waals surface area contributed by atoms with Crippen LogP contribution in [0.25, 0.3) is 0 Å². The average molecular weight is 259 g/mol. The summed E-state index contributed by atoms with van der Waals surface area (Å²) >= 11 is 2.06. The predicted octanol–water partition coefficient (Wildman–Crippen LogP) is 1.79. The van der Waals surface area contributed by atoms with Gasteiger partial charge in [-0.3, -0.25) is 0 Å². The molecule has 2 unspecified atom stereocenters. The van der Waals surface area contributed by atoms with Crippen LogP contribution in [0.15, 0.2) is 0 Å². The number of hydrogen-bond donors (Lipinski definition) is 2. The van der Waals surface area contributed by atoms with E-state index in [1.807, 2.05) is 0 Å². The molecule has 2 saturated carbocycles. The standard InChI is InChI=1S/C13H25NO2S/c1-16-7-2-8-17-12-5-6-13(9-12,10-15)14-11-3-4-11/h11-12,14-15H,2-10H2,1H3. The van der Waals surface area contributed by atoms with Crippen LogP contribution in [0.1, 0.15) is 38.5 Å². The molecule has 0 amide bonds. The maximum atomic E-state index is 9.63. The fourth-order valence-corrected chi connectivity index (χ4v) is 3.99. The number of nitrogens with one attached hydrogen (secondary N) is 1. The van der Waals surface area contributed by atoms with Gasteiger partial charge in [0.2, 0.25) is 0 Å². The number of thioether (sulfide) groups is 1. The number of aliphatic hydroxyl groups excluding tert-OH is 1. The molecule has 0 aromatic carbocycles. The second-order valence-electron chi connectivity index (χ2n) is 5.44. The highest BCUT2D eigenvalue weighted by atomic mass is 32.2. The number of ether oxygens (including phenoxy) is 1. The molecular weight excluding hydrogens is 234 g/mol. The van der Waals surface area contributed by atoms with E-state index in [4.69, 9.17) is 4.74 Å². The normalized spacial score (nSPS) is 33.2. The van der Waals surface area contributed by atoms with Gasteiger partial charge in [-0.05, 0) is 44.3 Å². The lowest BCUT2D eigenvalue weighted by Crippen LogP contribution is -2.47. The van der Waals surface area contributed by atoms with Crippen molar-refractivity contribution >= 4 is 11.8 Å². The van der Waals surface area contributed by atoms with Crippen molar-refractivity contribution < 1.29 is 9.84 Å². The zero-order chi connectivity index (χ0) is 12.1. The van der Waals surface area contributed by atoms with Crippen molar-refractivity contribution in [1.82, 2.24) is 5.32 Å². The van der Waals surface area contributed by atoms with E-state index in [0.717, 1.165) is 31.1 Å². The molecule has 4 heteroatoms. The van der Waals surface area contributed by atoms with E-state index >= 15 is 0 Å². The van der Waals surface area contributed by atoms with Gasteiger partial charge in [-0.1, -0.05) is 0 Å². The number of hydrogen-bond acceptors (Lipinski definition) is 4. The predicted molar refractivity (Wildman–Crippen MR) is 72.6 cm³/mol. The minimum atomic E-state index is 0.0418. The summed E-state index contributed by atoms with van der Waals surface area (Å²) in [5.41, 5.74) is 0.0418. The van der Waals surface area contributed by atoms with E-state index in [1.165, 1.54) is 25.0 Å². The molecule has 0 aliphatic heterocycles. The molecule has 0 saturated heterocycles. The van der Waals surface area contributed by atoms with E-state index in [0.29, 0.717) is 12.6 Å². The van der Waals surface area contributed by atoms with Crippen LogP contribution in [0.5, 0.6) is 0 Å². The van der Waals surface area contributed by atoms with Crippen LogP contribution in [-0.4, -0.2) is 48.0 Å². The molecule has 2 fully saturated rings. The molecule has 100 valence electrons. The van der Waals surface area contributed by atoms with Gasteiger partial charge in [-0.2, -0.15) is 11.8 Å². The van der Waals surface area contributed by atoms with Crippen molar-refractivity contribution in [3.63, 3.8) is 0 Å². The first-order valence-electron chi connectivity index (χ1n) is 6.77. The molecule has 3 nitrogen and oxygen atoms in total. The third kappa shape index (κ3) is 4.12. The molecule has 17 heavy (non-hydrogen) atoms. The molecule has 2 aliphatic rings. The lowest BCUT2D eigenvalue weighted by atomic mass is 9.99. The SMILES string of the molecule is COCCCSC1CCC(CO)(NC2CC2)C1. The summed E-state index contributed by atoms with van der Waals surface area (Å²) in [4.78, 5) is 0. The van der Waals surface area contributed by atoms with E-state index in [1.54, 1.807) is 7.11 Å². The van der Waals surface area contributed by atoms with Gasteiger partial charge in [0.1, 0.15) is 0 Å². The van der Waals surface area contributed by atoms with Gasteiger partial charge in [0, 0.05) is 30.5 Å². The first kappa shape index (κ1) is 13.7. The van der Waals surface area contributed by atoms with E-state index in [-0.39, 0.29) is 5.54 Å². The van der Waals surface area contributed by atoms with Gasteiger partial charge >= 0.3 is 0 Å². The van der Waals surface area contributed by atoms with Crippen LogP contribution in [0.4, 0.5) is 0 Å². The van der Waals surface area contributed by atoms with Crippen LogP contribution >= 0.6 is 11.8 Å². The van der Waals surface area contributed by atoms with Crippen LogP contribution in [0.3, 0.4) is 0 Å². The Labute approximate surface area is 109 Å². The topological polar surface area (TPSA) is 41.5 Å². The zero-order valence-electron chi connectivity index (χ0n) is 10.8. The van der Waals surface area contributed by atoms with Crippen LogP contribution < -0.4 is 5.32 Å². The number of aliphatic hydroxyl groups is 1. The second kappa shape index (κ2) is 6.41. The Morgan fingerprint density at radius 1 is 1.41 bits per heavy atom. The summed E-state index contributed by atoms with van der Waals surface area (Å²) in [5, 5.41) is 14.0.